The van der Waals surface area contributed by atoms with E-state index in [2.05, 4.69) is 0 Å². The van der Waals surface area contributed by atoms with Gasteiger partial charge < -0.3 is 5.11 Å². The van der Waals surface area contributed by atoms with E-state index in [0.29, 0.717) is 12.0 Å². The SMILES string of the molecule is CC1=C[C@H](O)CC(C)(C)C1=O. The minimum absolute atomic E-state index is 0.155. The molecule has 1 rings (SSSR count). The fourth-order valence-electron chi connectivity index (χ4n) is 1.57. The molecule has 0 spiro atoms. The number of carbonyl (C=O) groups excluding carboxylic acids is 1. The molecule has 0 heterocycles. The molecule has 62 valence electrons. The van der Waals surface area contributed by atoms with Gasteiger partial charge in [-0.05, 0) is 25.0 Å². The van der Waals surface area contributed by atoms with Crippen molar-refractivity contribution in [1.82, 2.24) is 0 Å². The molecule has 0 aromatic rings. The van der Waals surface area contributed by atoms with Crippen LogP contribution in [0.15, 0.2) is 11.6 Å². The van der Waals surface area contributed by atoms with Crippen LogP contribution in [0, 0.1) is 5.41 Å². The number of Topliss-reactive ketones (excluding diaryl/α,β-unsaturated/α-hetero) is 1. The first-order valence-electron chi connectivity index (χ1n) is 3.85. The second kappa shape index (κ2) is 2.45. The fraction of sp³-hybridized carbons (Fsp3) is 0.667. The van der Waals surface area contributed by atoms with Crippen molar-refractivity contribution in [3.8, 4) is 0 Å². The summed E-state index contributed by atoms with van der Waals surface area (Å²) in [7, 11) is 0. The lowest BCUT2D eigenvalue weighted by atomic mass is 9.75. The summed E-state index contributed by atoms with van der Waals surface area (Å²) < 4.78 is 0. The molecule has 0 aliphatic heterocycles. The monoisotopic (exact) mass is 154 g/mol. The predicted molar refractivity (Wildman–Crippen MR) is 43.2 cm³/mol. The standard InChI is InChI=1S/C9H14O2/c1-6-4-7(10)5-9(2,3)8(6)11/h4,7,10H,5H2,1-3H3/t7-/m0/s1. The highest BCUT2D eigenvalue weighted by molar-refractivity contribution is 5.99. The van der Waals surface area contributed by atoms with Crippen molar-refractivity contribution in [2.45, 2.75) is 33.3 Å². The van der Waals surface area contributed by atoms with Gasteiger partial charge in [0.05, 0.1) is 6.10 Å². The van der Waals surface area contributed by atoms with Crippen LogP contribution in [0.4, 0.5) is 0 Å². The van der Waals surface area contributed by atoms with Crippen molar-refractivity contribution in [1.29, 1.82) is 0 Å². The summed E-state index contributed by atoms with van der Waals surface area (Å²) in [5.41, 5.74) is 0.312. The van der Waals surface area contributed by atoms with Crippen LogP contribution >= 0.6 is 0 Å². The van der Waals surface area contributed by atoms with Crippen LogP contribution in [0.3, 0.4) is 0 Å². The molecule has 11 heavy (non-hydrogen) atoms. The minimum atomic E-state index is -0.442. The van der Waals surface area contributed by atoms with E-state index in [-0.39, 0.29) is 11.2 Å². The largest absolute Gasteiger partial charge is 0.389 e. The molecule has 2 nitrogen and oxygen atoms in total. The van der Waals surface area contributed by atoms with Gasteiger partial charge in [-0.15, -0.1) is 0 Å². The van der Waals surface area contributed by atoms with Crippen LogP contribution in [-0.4, -0.2) is 17.0 Å². The van der Waals surface area contributed by atoms with Crippen molar-refractivity contribution >= 4 is 5.78 Å². The van der Waals surface area contributed by atoms with E-state index in [9.17, 15) is 9.90 Å². The van der Waals surface area contributed by atoms with Gasteiger partial charge in [-0.1, -0.05) is 13.8 Å². The second-order valence-corrected chi connectivity index (χ2v) is 3.83. The molecule has 0 aromatic carbocycles. The fourth-order valence-corrected chi connectivity index (χ4v) is 1.57. The number of ketones is 1. The van der Waals surface area contributed by atoms with Crippen molar-refractivity contribution in [3.05, 3.63) is 11.6 Å². The lowest BCUT2D eigenvalue weighted by molar-refractivity contribution is -0.125. The molecule has 0 aromatic heterocycles. The van der Waals surface area contributed by atoms with Crippen molar-refractivity contribution in [2.75, 3.05) is 0 Å². The predicted octanol–water partition coefficient (Wildman–Crippen LogP) is 1.29. The minimum Gasteiger partial charge on any atom is -0.389 e. The maximum absolute atomic E-state index is 11.4. The summed E-state index contributed by atoms with van der Waals surface area (Å²) in [6.45, 7) is 5.50. The van der Waals surface area contributed by atoms with Gasteiger partial charge in [0.25, 0.3) is 0 Å². The Morgan fingerprint density at radius 3 is 2.64 bits per heavy atom. The molecular formula is C9H14O2. The number of aliphatic hydroxyl groups excluding tert-OH is 1. The first-order valence-corrected chi connectivity index (χ1v) is 3.85. The molecule has 0 saturated heterocycles. The van der Waals surface area contributed by atoms with E-state index in [1.807, 2.05) is 13.8 Å². The van der Waals surface area contributed by atoms with Gasteiger partial charge in [0, 0.05) is 5.41 Å². The molecule has 1 atom stereocenters. The molecule has 1 aliphatic rings. The molecule has 0 fully saturated rings. The Morgan fingerprint density at radius 2 is 2.18 bits per heavy atom. The molecule has 1 aliphatic carbocycles. The van der Waals surface area contributed by atoms with Crippen LogP contribution in [0.25, 0.3) is 0 Å². The van der Waals surface area contributed by atoms with Crippen LogP contribution in [0.5, 0.6) is 0 Å². The van der Waals surface area contributed by atoms with Crippen LogP contribution in [0.1, 0.15) is 27.2 Å². The van der Waals surface area contributed by atoms with Gasteiger partial charge >= 0.3 is 0 Å². The number of hydrogen-bond acceptors (Lipinski definition) is 2. The smallest absolute Gasteiger partial charge is 0.164 e. The maximum atomic E-state index is 11.4. The highest BCUT2D eigenvalue weighted by Gasteiger charge is 2.34. The number of rotatable bonds is 0. The number of aliphatic hydroxyl groups is 1. The highest BCUT2D eigenvalue weighted by atomic mass is 16.3. The van der Waals surface area contributed by atoms with E-state index in [1.165, 1.54) is 0 Å². The molecule has 2 heteroatoms. The van der Waals surface area contributed by atoms with E-state index in [4.69, 9.17) is 0 Å². The third kappa shape index (κ3) is 1.51. The average Bonchev–Trinajstić information content (AvgIpc) is 1.81. The Labute approximate surface area is 66.9 Å². The Hall–Kier alpha value is -0.630. The Morgan fingerprint density at radius 1 is 1.64 bits per heavy atom. The van der Waals surface area contributed by atoms with Crippen molar-refractivity contribution < 1.29 is 9.90 Å². The summed E-state index contributed by atoms with van der Waals surface area (Å²) in [4.78, 5) is 11.4. The molecule has 0 radical (unpaired) electrons. The Kier molecular flexibility index (Phi) is 1.89. The summed E-state index contributed by atoms with van der Waals surface area (Å²) in [5.74, 6) is 0.155. The van der Waals surface area contributed by atoms with Crippen molar-refractivity contribution in [3.63, 3.8) is 0 Å². The van der Waals surface area contributed by atoms with Crippen LogP contribution in [-0.2, 0) is 4.79 Å². The summed E-state index contributed by atoms with van der Waals surface area (Å²) in [6.07, 6.45) is 1.74. The second-order valence-electron chi connectivity index (χ2n) is 3.83. The van der Waals surface area contributed by atoms with Gasteiger partial charge in [0.2, 0.25) is 0 Å². The number of allylic oxidation sites excluding steroid dienone is 1. The van der Waals surface area contributed by atoms with Crippen LogP contribution < -0.4 is 0 Å². The van der Waals surface area contributed by atoms with E-state index in [1.54, 1.807) is 13.0 Å². The molecule has 0 unspecified atom stereocenters. The lowest BCUT2D eigenvalue weighted by Gasteiger charge is -2.29. The molecule has 1 N–H and O–H groups in total. The molecule has 0 amide bonds. The van der Waals surface area contributed by atoms with Crippen molar-refractivity contribution in [2.24, 2.45) is 5.41 Å². The zero-order valence-electron chi connectivity index (χ0n) is 7.22. The van der Waals surface area contributed by atoms with Crippen LogP contribution in [0.2, 0.25) is 0 Å². The normalized spacial score (nSPS) is 30.0. The average molecular weight is 154 g/mol. The van der Waals surface area contributed by atoms with E-state index >= 15 is 0 Å². The van der Waals surface area contributed by atoms with E-state index in [0.717, 1.165) is 0 Å². The molecule has 0 bridgehead atoms. The number of carbonyl (C=O) groups is 1. The highest BCUT2D eigenvalue weighted by Crippen LogP contribution is 2.31. The van der Waals surface area contributed by atoms with Gasteiger partial charge in [-0.25, -0.2) is 0 Å². The number of hydrogen-bond donors (Lipinski definition) is 1. The van der Waals surface area contributed by atoms with E-state index < -0.39 is 6.10 Å². The topological polar surface area (TPSA) is 37.3 Å². The first-order chi connectivity index (χ1) is 4.93. The lowest BCUT2D eigenvalue weighted by Crippen LogP contribution is -2.33. The third-order valence-corrected chi connectivity index (χ3v) is 2.13. The quantitative estimate of drug-likeness (QED) is 0.571. The van der Waals surface area contributed by atoms with Gasteiger partial charge in [0.15, 0.2) is 5.78 Å². The molecular weight excluding hydrogens is 140 g/mol. The van der Waals surface area contributed by atoms with Gasteiger partial charge in [0.1, 0.15) is 0 Å². The third-order valence-electron chi connectivity index (χ3n) is 2.13. The molecule has 0 saturated carbocycles. The zero-order valence-corrected chi connectivity index (χ0v) is 7.22. The Balaban J connectivity index is 2.96. The van der Waals surface area contributed by atoms with Gasteiger partial charge in [-0.3, -0.25) is 4.79 Å². The zero-order chi connectivity index (χ0) is 8.65. The summed E-state index contributed by atoms with van der Waals surface area (Å²) >= 11 is 0. The Bertz CT molecular complexity index is 214. The maximum Gasteiger partial charge on any atom is 0.164 e. The summed E-state index contributed by atoms with van der Waals surface area (Å²) in [5, 5.41) is 9.30. The van der Waals surface area contributed by atoms with Gasteiger partial charge in [-0.2, -0.15) is 0 Å². The first kappa shape index (κ1) is 8.47. The summed E-state index contributed by atoms with van der Waals surface area (Å²) in [6, 6.07) is 0.